The van der Waals surface area contributed by atoms with Crippen LogP contribution in [0.1, 0.15) is 72.3 Å². The number of hydrogen-bond acceptors (Lipinski definition) is 8. The number of alkyl halides is 1. The standard InChI is InChI=1S/C36H46F2N6O3/c1-22(2)15-23-9-6-7-10-27(23)30-29(38)31-28(17-39-30)32(41-33(40-31)46-21-36-13-8-14-43(36)18-24(37)16-36)42-19-25-11-12-26(20-42)44(25)34(45)47-35(3,4)5/h6-7,9-10,17,22,24-26H,8,11-16,18-21H2,1-5H3/t24?,25-,26+,36?. The summed E-state index contributed by atoms with van der Waals surface area (Å²) in [6, 6.07) is 7.73. The lowest BCUT2D eigenvalue weighted by Crippen LogP contribution is -2.57. The molecule has 4 atom stereocenters. The smallest absolute Gasteiger partial charge is 0.410 e. The number of anilines is 1. The second kappa shape index (κ2) is 12.1. The van der Waals surface area contributed by atoms with Crippen molar-refractivity contribution in [1.82, 2.24) is 24.8 Å². The normalized spacial score (nSPS) is 26.0. The summed E-state index contributed by atoms with van der Waals surface area (Å²) in [6.07, 6.45) is 5.21. The van der Waals surface area contributed by atoms with Crippen LogP contribution in [0.25, 0.3) is 22.2 Å². The first-order valence-corrected chi connectivity index (χ1v) is 17.1. The van der Waals surface area contributed by atoms with Crippen molar-refractivity contribution in [3.05, 3.63) is 41.8 Å². The van der Waals surface area contributed by atoms with Crippen molar-refractivity contribution < 1.29 is 23.0 Å². The lowest BCUT2D eigenvalue weighted by molar-refractivity contribution is 0.0122. The highest BCUT2D eigenvalue weighted by Crippen LogP contribution is 2.42. The number of fused-ring (bicyclic) bond motifs is 4. The molecule has 4 aliphatic rings. The third kappa shape index (κ3) is 6.11. The van der Waals surface area contributed by atoms with Crippen molar-refractivity contribution in [2.75, 3.05) is 37.7 Å². The number of amides is 1. The SMILES string of the molecule is CC(C)Cc1ccccc1-c1ncc2c(N3C[C@H]4CC[C@@H](C3)N4C(=O)OC(C)(C)C)nc(OCC34CCCN3CC(F)C4)nc2c1F. The Hall–Kier alpha value is -3.60. The Bertz CT molecular complexity index is 1650. The van der Waals surface area contributed by atoms with Gasteiger partial charge in [-0.3, -0.25) is 14.8 Å². The van der Waals surface area contributed by atoms with E-state index < -0.39 is 23.1 Å². The Kier molecular flexibility index (Phi) is 8.25. The summed E-state index contributed by atoms with van der Waals surface area (Å²) < 4.78 is 43.3. The molecule has 6 heterocycles. The molecule has 3 aromatic rings. The van der Waals surface area contributed by atoms with Gasteiger partial charge in [0.15, 0.2) is 5.82 Å². The Morgan fingerprint density at radius 1 is 1.11 bits per heavy atom. The zero-order chi connectivity index (χ0) is 33.1. The molecule has 0 N–H and O–H groups in total. The number of piperazine rings is 1. The van der Waals surface area contributed by atoms with Crippen LogP contribution >= 0.6 is 0 Å². The number of rotatable bonds is 7. The van der Waals surface area contributed by atoms with Crippen LogP contribution in [0.2, 0.25) is 0 Å². The molecule has 11 heteroatoms. The first-order chi connectivity index (χ1) is 22.4. The van der Waals surface area contributed by atoms with Gasteiger partial charge < -0.3 is 14.4 Å². The molecule has 4 saturated heterocycles. The van der Waals surface area contributed by atoms with Gasteiger partial charge in [0, 0.05) is 37.8 Å². The molecule has 0 aliphatic carbocycles. The maximum absolute atomic E-state index is 16.7. The Labute approximate surface area is 275 Å². The quantitative estimate of drug-likeness (QED) is 0.285. The van der Waals surface area contributed by atoms with Crippen molar-refractivity contribution in [2.24, 2.45) is 5.92 Å². The molecule has 2 bridgehead atoms. The maximum Gasteiger partial charge on any atom is 0.410 e. The summed E-state index contributed by atoms with van der Waals surface area (Å²) >= 11 is 0. The number of hydrogen-bond donors (Lipinski definition) is 0. The average Bonchev–Trinajstić information content (AvgIpc) is 3.62. The van der Waals surface area contributed by atoms with Crippen LogP contribution in [0.3, 0.4) is 0 Å². The number of ether oxygens (including phenoxy) is 2. The number of halogens is 2. The molecule has 2 unspecified atom stereocenters. The molecule has 0 spiro atoms. The van der Waals surface area contributed by atoms with Crippen LogP contribution in [-0.2, 0) is 11.2 Å². The van der Waals surface area contributed by atoms with Gasteiger partial charge in [-0.15, -0.1) is 0 Å². The molecule has 0 radical (unpaired) electrons. The van der Waals surface area contributed by atoms with Crippen molar-refractivity contribution in [1.29, 1.82) is 0 Å². The lowest BCUT2D eigenvalue weighted by atomic mass is 9.95. The number of nitrogens with zero attached hydrogens (tertiary/aromatic N) is 6. The van der Waals surface area contributed by atoms with Gasteiger partial charge >= 0.3 is 12.1 Å². The lowest BCUT2D eigenvalue weighted by Gasteiger charge is -2.42. The predicted octanol–water partition coefficient (Wildman–Crippen LogP) is 6.57. The third-order valence-electron chi connectivity index (χ3n) is 10.2. The fraction of sp³-hybridized carbons (Fsp3) is 0.611. The van der Waals surface area contributed by atoms with E-state index in [2.05, 4.69) is 33.6 Å². The van der Waals surface area contributed by atoms with Gasteiger partial charge in [-0.1, -0.05) is 38.1 Å². The minimum Gasteiger partial charge on any atom is -0.461 e. The first-order valence-electron chi connectivity index (χ1n) is 17.1. The molecule has 2 aromatic heterocycles. The molecule has 4 aliphatic heterocycles. The van der Waals surface area contributed by atoms with Gasteiger partial charge in [0.25, 0.3) is 0 Å². The van der Waals surface area contributed by atoms with E-state index in [1.54, 1.807) is 6.20 Å². The second-order valence-corrected chi connectivity index (χ2v) is 15.3. The van der Waals surface area contributed by atoms with Crippen molar-refractivity contribution in [3.8, 4) is 17.3 Å². The van der Waals surface area contributed by atoms with E-state index in [1.807, 2.05) is 49.9 Å². The summed E-state index contributed by atoms with van der Waals surface area (Å²) in [7, 11) is 0. The van der Waals surface area contributed by atoms with Crippen molar-refractivity contribution in [3.63, 3.8) is 0 Å². The van der Waals surface area contributed by atoms with Gasteiger partial charge in [-0.25, -0.2) is 13.6 Å². The van der Waals surface area contributed by atoms with Gasteiger partial charge in [-0.05, 0) is 70.9 Å². The van der Waals surface area contributed by atoms with Crippen LogP contribution in [0.4, 0.5) is 19.4 Å². The highest BCUT2D eigenvalue weighted by atomic mass is 19.1. The number of pyridine rings is 1. The molecule has 9 nitrogen and oxygen atoms in total. The second-order valence-electron chi connectivity index (χ2n) is 15.3. The molecule has 0 saturated carbocycles. The molecular weight excluding hydrogens is 602 g/mol. The van der Waals surface area contributed by atoms with E-state index in [0.29, 0.717) is 43.2 Å². The van der Waals surface area contributed by atoms with E-state index in [1.165, 1.54) is 0 Å². The van der Waals surface area contributed by atoms with Gasteiger partial charge in [-0.2, -0.15) is 9.97 Å². The molecule has 1 aromatic carbocycles. The predicted molar refractivity (Wildman–Crippen MR) is 177 cm³/mol. The van der Waals surface area contributed by atoms with Crippen LogP contribution in [0.5, 0.6) is 6.01 Å². The summed E-state index contributed by atoms with van der Waals surface area (Å²) in [4.78, 5) is 33.5. The summed E-state index contributed by atoms with van der Waals surface area (Å²) in [5.41, 5.74) is 1.17. The fourth-order valence-electron chi connectivity index (χ4n) is 8.22. The molecule has 47 heavy (non-hydrogen) atoms. The van der Waals surface area contributed by atoms with E-state index in [-0.39, 0.29) is 42.0 Å². The molecule has 252 valence electrons. The van der Waals surface area contributed by atoms with E-state index in [9.17, 15) is 9.18 Å². The average molecular weight is 649 g/mol. The Morgan fingerprint density at radius 3 is 2.57 bits per heavy atom. The highest BCUT2D eigenvalue weighted by molar-refractivity contribution is 5.92. The number of carbonyl (C=O) groups is 1. The Balaban J connectivity index is 1.27. The van der Waals surface area contributed by atoms with Crippen LogP contribution < -0.4 is 9.64 Å². The van der Waals surface area contributed by atoms with E-state index in [0.717, 1.165) is 49.8 Å². The fourth-order valence-corrected chi connectivity index (χ4v) is 8.22. The van der Waals surface area contributed by atoms with Gasteiger partial charge in [0.2, 0.25) is 0 Å². The van der Waals surface area contributed by atoms with Crippen LogP contribution in [0.15, 0.2) is 30.5 Å². The topological polar surface area (TPSA) is 83.9 Å². The minimum absolute atomic E-state index is 0.0658. The van der Waals surface area contributed by atoms with Gasteiger partial charge in [0.1, 0.15) is 35.4 Å². The Morgan fingerprint density at radius 2 is 1.85 bits per heavy atom. The highest BCUT2D eigenvalue weighted by Gasteiger charge is 2.50. The summed E-state index contributed by atoms with van der Waals surface area (Å²) in [5.74, 6) is 0.403. The van der Waals surface area contributed by atoms with E-state index >= 15 is 4.39 Å². The van der Waals surface area contributed by atoms with E-state index in [4.69, 9.17) is 14.5 Å². The third-order valence-corrected chi connectivity index (χ3v) is 10.2. The zero-order valence-electron chi connectivity index (χ0n) is 28.1. The van der Waals surface area contributed by atoms with Crippen LogP contribution in [-0.4, -0.2) is 93.0 Å². The largest absolute Gasteiger partial charge is 0.461 e. The molecule has 7 rings (SSSR count). The maximum atomic E-state index is 16.7. The molecule has 1 amide bonds. The number of carbonyl (C=O) groups excluding carboxylic acids is 1. The van der Waals surface area contributed by atoms with Crippen LogP contribution in [0, 0.1) is 11.7 Å². The zero-order valence-corrected chi connectivity index (χ0v) is 28.1. The first kappa shape index (κ1) is 32.0. The number of benzene rings is 1. The van der Waals surface area contributed by atoms with Crippen molar-refractivity contribution >= 4 is 22.8 Å². The monoisotopic (exact) mass is 648 g/mol. The number of aromatic nitrogens is 3. The summed E-state index contributed by atoms with van der Waals surface area (Å²) in [6.45, 7) is 12.4. The molecular formula is C36H46F2N6O3. The minimum atomic E-state index is -0.888. The molecule has 4 fully saturated rings. The van der Waals surface area contributed by atoms with Gasteiger partial charge in [0.05, 0.1) is 23.0 Å². The van der Waals surface area contributed by atoms with Crippen molar-refractivity contribution in [2.45, 2.75) is 103 Å². The summed E-state index contributed by atoms with van der Waals surface area (Å²) in [5, 5.41) is 0.496.